The zero-order valence-corrected chi connectivity index (χ0v) is 39.8. The number of nitrogen functional groups attached to an aromatic ring is 1. The van der Waals surface area contributed by atoms with Crippen LogP contribution in [0, 0.1) is 18.3 Å². The van der Waals surface area contributed by atoms with Crippen LogP contribution in [0.2, 0.25) is 0 Å². The molecule has 8 N–H and O–H groups in total. The van der Waals surface area contributed by atoms with E-state index in [1.807, 2.05) is 18.3 Å². The third-order valence-corrected chi connectivity index (χ3v) is 12.5. The number of amides is 5. The maximum Gasteiger partial charge on any atom is 0.409 e. The molecule has 2 aromatic heterocycles. The van der Waals surface area contributed by atoms with Crippen LogP contribution in [0.3, 0.4) is 0 Å². The van der Waals surface area contributed by atoms with E-state index in [1.54, 1.807) is 18.1 Å². The van der Waals surface area contributed by atoms with Gasteiger partial charge < -0.3 is 65.4 Å². The molecule has 2 saturated heterocycles. The van der Waals surface area contributed by atoms with Gasteiger partial charge in [-0.1, -0.05) is 43.9 Å². The lowest BCUT2D eigenvalue weighted by Gasteiger charge is -2.39. The maximum absolute atomic E-state index is 13.4. The zero-order chi connectivity index (χ0) is 50.6. The number of unbranched alkanes of at least 4 members (excludes halogenated alkanes) is 2. The minimum Gasteiger partial charge on any atom is -0.496 e. The summed E-state index contributed by atoms with van der Waals surface area (Å²) < 4.78 is 25.2. The SMILES string of the molecule is C#C[C@H]1O[C@@H](OC2=C(NC(=O)CCNC(=O)CCN3C(=O)C=CC3=O)CC(COC(=O)N3CCN(Cc4ccc(Cn5ccc6nc(N)nc(NCCCCC)c65)c(OC)c4)CC3)C=C2)[C@H](O)[C@@H](O)[C@@H]1O. The lowest BCUT2D eigenvalue weighted by atomic mass is 9.97. The van der Waals surface area contributed by atoms with Crippen LogP contribution in [0.5, 0.6) is 5.75 Å². The van der Waals surface area contributed by atoms with E-state index < -0.39 is 66.3 Å². The number of fused-ring (bicyclic) bond motifs is 1. The molecule has 2 fully saturated rings. The van der Waals surface area contributed by atoms with Crippen molar-refractivity contribution < 1.29 is 58.2 Å². The summed E-state index contributed by atoms with van der Waals surface area (Å²) in [5.41, 5.74) is 9.93. The summed E-state index contributed by atoms with van der Waals surface area (Å²) >= 11 is 0. The van der Waals surface area contributed by atoms with Gasteiger partial charge in [0.15, 0.2) is 11.9 Å². The number of aliphatic hydroxyl groups excluding tert-OH is 3. The summed E-state index contributed by atoms with van der Waals surface area (Å²) in [5.74, 6) is 1.49. The van der Waals surface area contributed by atoms with Gasteiger partial charge in [-0.05, 0) is 30.2 Å². The Morgan fingerprint density at radius 1 is 0.944 bits per heavy atom. The molecule has 71 heavy (non-hydrogen) atoms. The predicted octanol–water partition coefficient (Wildman–Crippen LogP) is 1.11. The first-order chi connectivity index (χ1) is 34.2. The lowest BCUT2D eigenvalue weighted by molar-refractivity contribution is -0.273. The highest BCUT2D eigenvalue weighted by atomic mass is 16.7. The molecule has 0 radical (unpaired) electrons. The van der Waals surface area contributed by atoms with Gasteiger partial charge in [-0.2, -0.15) is 4.98 Å². The second-order valence-electron chi connectivity index (χ2n) is 17.6. The van der Waals surface area contributed by atoms with E-state index in [0.29, 0.717) is 45.1 Å². The Hall–Kier alpha value is -7.03. The number of methoxy groups -OCH3 is 1. The first-order valence-corrected chi connectivity index (χ1v) is 23.7. The molecule has 1 aliphatic carbocycles. The molecule has 1 aromatic carbocycles. The van der Waals surface area contributed by atoms with Gasteiger partial charge in [-0.3, -0.25) is 29.0 Å². The Labute approximate surface area is 410 Å². The number of nitrogens with zero attached hydrogens (tertiary/aromatic N) is 6. The van der Waals surface area contributed by atoms with Crippen molar-refractivity contribution in [2.24, 2.45) is 5.92 Å². The Balaban J connectivity index is 0.902. The molecule has 22 heteroatoms. The van der Waals surface area contributed by atoms with E-state index in [9.17, 15) is 39.3 Å². The quantitative estimate of drug-likeness (QED) is 0.0447. The summed E-state index contributed by atoms with van der Waals surface area (Å²) in [6.45, 7) is 5.95. The number of nitrogens with one attached hydrogen (secondary N) is 3. The minimum atomic E-state index is -1.71. The van der Waals surface area contributed by atoms with Gasteiger partial charge >= 0.3 is 6.09 Å². The average molecular weight is 983 g/mol. The molecular formula is C49H62N10O12. The summed E-state index contributed by atoms with van der Waals surface area (Å²) in [7, 11) is 1.65. The van der Waals surface area contributed by atoms with E-state index >= 15 is 0 Å². The number of aromatic nitrogens is 3. The van der Waals surface area contributed by atoms with Gasteiger partial charge in [0.25, 0.3) is 11.8 Å². The van der Waals surface area contributed by atoms with Crippen LogP contribution >= 0.6 is 0 Å². The van der Waals surface area contributed by atoms with E-state index in [0.717, 1.165) is 70.8 Å². The fourth-order valence-corrected chi connectivity index (χ4v) is 8.58. The maximum atomic E-state index is 13.4. The first kappa shape index (κ1) is 51.8. The number of rotatable bonds is 21. The van der Waals surface area contributed by atoms with Gasteiger partial charge in [0.1, 0.15) is 35.3 Å². The van der Waals surface area contributed by atoms with Gasteiger partial charge in [-0.15, -0.1) is 6.42 Å². The number of aliphatic hydroxyl groups is 3. The van der Waals surface area contributed by atoms with Crippen molar-refractivity contribution in [3.05, 3.63) is 77.3 Å². The first-order valence-electron chi connectivity index (χ1n) is 23.7. The molecule has 0 spiro atoms. The molecule has 6 atom stereocenters. The number of allylic oxidation sites excluding steroid dienone is 2. The minimum absolute atomic E-state index is 0.0504. The summed E-state index contributed by atoms with van der Waals surface area (Å²) in [4.78, 5) is 76.3. The smallest absolute Gasteiger partial charge is 0.409 e. The number of terminal acetylenes is 1. The van der Waals surface area contributed by atoms with Gasteiger partial charge in [0.2, 0.25) is 24.1 Å². The largest absolute Gasteiger partial charge is 0.496 e. The Bertz CT molecular complexity index is 2550. The van der Waals surface area contributed by atoms with E-state index in [2.05, 4.69) is 60.4 Å². The predicted molar refractivity (Wildman–Crippen MR) is 257 cm³/mol. The number of carbonyl (C=O) groups is 5. The molecule has 7 rings (SSSR count). The number of benzene rings is 1. The lowest BCUT2D eigenvalue weighted by Crippen LogP contribution is -2.57. The number of anilines is 2. The summed E-state index contributed by atoms with van der Waals surface area (Å²) in [5, 5.41) is 40.1. The van der Waals surface area contributed by atoms with Crippen LogP contribution < -0.4 is 26.4 Å². The third kappa shape index (κ3) is 13.2. The van der Waals surface area contributed by atoms with Crippen LogP contribution in [-0.2, 0) is 46.5 Å². The standard InChI is InChI=1S/C49H62N10O12/c1-4-6-7-17-52-46-42-33(54-48(50)55-46)15-19-58(42)28-32-10-8-30(26-37(32)68-3)27-56-21-23-57(24-22-56)49(67)69-29-31-9-11-36(71-47-45(66)44(65)43(64)35(5-2)70-47)34(25-31)53-39(61)14-18-51-38(60)16-20-59-40(62)12-13-41(59)63/h2,8-13,15,19,26,31,35,43-45,47,64-66H,4,6-7,14,16-18,20-25,27-29H2,1,3H3,(H,51,60)(H,53,61)(H3,50,52,54,55)/t31?,35-,43-,44+,45-,47+/m1/s1. The van der Waals surface area contributed by atoms with Crippen molar-refractivity contribution in [2.45, 2.75) is 89.2 Å². The fraction of sp³-hybridized carbons (Fsp3) is 0.490. The van der Waals surface area contributed by atoms with Crippen LogP contribution in [-0.4, -0.2) is 165 Å². The molecule has 4 aliphatic rings. The normalized spacial score (nSPS) is 22.4. The van der Waals surface area contributed by atoms with Gasteiger partial charge in [-0.25, -0.2) is 9.78 Å². The number of hydrogen-bond donors (Lipinski definition) is 7. The number of nitrogens with two attached hydrogens (primary N) is 1. The number of imide groups is 1. The summed E-state index contributed by atoms with van der Waals surface area (Å²) in [6.07, 6.45) is 7.63. The molecular weight excluding hydrogens is 921 g/mol. The molecule has 380 valence electrons. The molecule has 5 heterocycles. The van der Waals surface area contributed by atoms with Gasteiger partial charge in [0.05, 0.1) is 31.5 Å². The number of piperazine rings is 1. The molecule has 3 aromatic rings. The molecule has 1 unspecified atom stereocenters. The molecule has 22 nitrogen and oxygen atoms in total. The van der Waals surface area contributed by atoms with E-state index in [4.69, 9.17) is 31.1 Å². The Morgan fingerprint density at radius 3 is 2.45 bits per heavy atom. The molecule has 5 amide bonds. The molecule has 0 saturated carbocycles. The van der Waals surface area contributed by atoms with Crippen molar-refractivity contribution in [1.82, 2.24) is 39.9 Å². The highest BCUT2D eigenvalue weighted by Gasteiger charge is 2.45. The summed E-state index contributed by atoms with van der Waals surface area (Å²) in [6, 6.07) is 8.11. The zero-order valence-electron chi connectivity index (χ0n) is 39.8. The van der Waals surface area contributed by atoms with Crippen LogP contribution in [0.25, 0.3) is 11.0 Å². The number of ether oxygens (including phenoxy) is 4. The highest BCUT2D eigenvalue weighted by Crippen LogP contribution is 2.30. The van der Waals surface area contributed by atoms with Crippen molar-refractivity contribution in [3.63, 3.8) is 0 Å². The second-order valence-corrected chi connectivity index (χ2v) is 17.6. The van der Waals surface area contributed by atoms with Crippen molar-refractivity contribution in [1.29, 1.82) is 0 Å². The van der Waals surface area contributed by atoms with Crippen LogP contribution in [0.1, 0.15) is 56.6 Å². The van der Waals surface area contributed by atoms with Crippen LogP contribution in [0.4, 0.5) is 16.6 Å². The Morgan fingerprint density at radius 2 is 1.72 bits per heavy atom. The van der Waals surface area contributed by atoms with E-state index in [1.165, 1.54) is 6.08 Å². The second kappa shape index (κ2) is 24.2. The van der Waals surface area contributed by atoms with Crippen molar-refractivity contribution >= 4 is 52.5 Å². The number of hydrogen-bond acceptors (Lipinski definition) is 17. The van der Waals surface area contributed by atoms with Crippen LogP contribution in [0.15, 0.2) is 66.2 Å². The fourth-order valence-electron chi connectivity index (χ4n) is 8.58. The van der Waals surface area contributed by atoms with E-state index in [-0.39, 0.29) is 56.4 Å². The monoisotopic (exact) mass is 982 g/mol. The molecule has 3 aliphatic heterocycles. The van der Waals surface area contributed by atoms with Crippen molar-refractivity contribution in [3.8, 4) is 18.1 Å². The molecule has 0 bridgehead atoms. The average Bonchev–Trinajstić information content (AvgIpc) is 3.92. The highest BCUT2D eigenvalue weighted by molar-refractivity contribution is 6.13. The van der Waals surface area contributed by atoms with Crippen molar-refractivity contribution in [2.75, 3.05) is 70.6 Å². The Kier molecular flexibility index (Phi) is 17.7. The third-order valence-electron chi connectivity index (χ3n) is 12.5. The topological polar surface area (TPSA) is 286 Å². The van der Waals surface area contributed by atoms with Gasteiger partial charge in [0, 0.05) is 101 Å². The number of carbonyl (C=O) groups excluding carboxylic acids is 5.